The van der Waals surface area contributed by atoms with Gasteiger partial charge in [-0.3, -0.25) is 4.79 Å². The van der Waals surface area contributed by atoms with Gasteiger partial charge >= 0.3 is 0 Å². The lowest BCUT2D eigenvalue weighted by Gasteiger charge is -2.19. The van der Waals surface area contributed by atoms with Crippen LogP contribution in [-0.2, 0) is 4.79 Å². The van der Waals surface area contributed by atoms with Crippen LogP contribution in [0.25, 0.3) is 0 Å². The van der Waals surface area contributed by atoms with E-state index in [0.717, 1.165) is 12.1 Å². The molecule has 2 heteroatoms. The fourth-order valence-electron chi connectivity index (χ4n) is 1.33. The Kier molecular flexibility index (Phi) is 2.03. The van der Waals surface area contributed by atoms with Crippen LogP contribution in [0.5, 0.6) is 0 Å². The van der Waals surface area contributed by atoms with Gasteiger partial charge < -0.3 is 4.90 Å². The van der Waals surface area contributed by atoms with Crippen LogP contribution in [0, 0.1) is 5.92 Å². The molecule has 1 rings (SSSR count). The van der Waals surface area contributed by atoms with E-state index < -0.39 is 0 Å². The van der Waals surface area contributed by atoms with Gasteiger partial charge in [-0.2, -0.15) is 0 Å². The predicted molar refractivity (Wildman–Crippen MR) is 45.2 cm³/mol. The lowest BCUT2D eigenvalue weighted by atomic mass is 10.1. The lowest BCUT2D eigenvalue weighted by Crippen LogP contribution is -2.32. The minimum atomic E-state index is 0.132. The monoisotopic (exact) mass is 153 g/mol. The molecule has 1 unspecified atom stereocenters. The average Bonchev–Trinajstić information content (AvgIpc) is 2.17. The van der Waals surface area contributed by atoms with Crippen molar-refractivity contribution >= 4 is 5.91 Å². The fraction of sp³-hybridized carbons (Fsp3) is 0.667. The molecule has 1 saturated heterocycles. The summed E-state index contributed by atoms with van der Waals surface area (Å²) in [6.07, 6.45) is 0. The summed E-state index contributed by atoms with van der Waals surface area (Å²) in [6, 6.07) is 0.309. The fourth-order valence-corrected chi connectivity index (χ4v) is 1.33. The van der Waals surface area contributed by atoms with Crippen molar-refractivity contribution in [3.05, 3.63) is 12.2 Å². The third-order valence-corrected chi connectivity index (χ3v) is 2.22. The number of carbonyl (C=O) groups is 1. The lowest BCUT2D eigenvalue weighted by molar-refractivity contribution is -0.126. The minimum Gasteiger partial charge on any atom is -0.336 e. The number of carbonyl (C=O) groups excluding carboxylic acids is 1. The van der Waals surface area contributed by atoms with E-state index in [4.69, 9.17) is 0 Å². The largest absolute Gasteiger partial charge is 0.336 e. The van der Waals surface area contributed by atoms with E-state index in [1.807, 2.05) is 25.7 Å². The number of rotatable bonds is 1. The summed E-state index contributed by atoms with van der Waals surface area (Å²) in [5.74, 6) is 0.470. The van der Waals surface area contributed by atoms with Gasteiger partial charge in [-0.15, -0.1) is 0 Å². The van der Waals surface area contributed by atoms with E-state index in [1.54, 1.807) is 0 Å². The zero-order valence-corrected chi connectivity index (χ0v) is 7.42. The topological polar surface area (TPSA) is 20.3 Å². The highest BCUT2D eigenvalue weighted by Crippen LogP contribution is 2.23. The van der Waals surface area contributed by atoms with Crippen molar-refractivity contribution in [2.45, 2.75) is 26.8 Å². The molecule has 1 fully saturated rings. The quantitative estimate of drug-likeness (QED) is 0.522. The molecule has 2 nitrogen and oxygen atoms in total. The summed E-state index contributed by atoms with van der Waals surface area (Å²) in [4.78, 5) is 13.3. The van der Waals surface area contributed by atoms with Crippen molar-refractivity contribution in [2.24, 2.45) is 5.92 Å². The third kappa shape index (κ3) is 1.30. The van der Waals surface area contributed by atoms with Gasteiger partial charge in [-0.25, -0.2) is 0 Å². The van der Waals surface area contributed by atoms with Gasteiger partial charge in [-0.1, -0.05) is 13.5 Å². The molecule has 1 amide bonds. The van der Waals surface area contributed by atoms with Crippen LogP contribution in [-0.4, -0.2) is 23.4 Å². The van der Waals surface area contributed by atoms with E-state index in [9.17, 15) is 4.79 Å². The van der Waals surface area contributed by atoms with E-state index in [1.165, 1.54) is 0 Å². The molecule has 0 bridgehead atoms. The molecular weight excluding hydrogens is 138 g/mol. The first-order valence-electron chi connectivity index (χ1n) is 4.03. The molecular formula is C9H15NO. The van der Waals surface area contributed by atoms with Crippen molar-refractivity contribution in [1.82, 2.24) is 4.90 Å². The van der Waals surface area contributed by atoms with Crippen molar-refractivity contribution in [3.63, 3.8) is 0 Å². The van der Waals surface area contributed by atoms with Crippen molar-refractivity contribution in [2.75, 3.05) is 6.54 Å². The average molecular weight is 153 g/mol. The highest BCUT2D eigenvalue weighted by atomic mass is 16.2. The molecule has 1 aliphatic rings. The van der Waals surface area contributed by atoms with Crippen LogP contribution < -0.4 is 0 Å². The number of likely N-dealkylation sites (tertiary alicyclic amines) is 1. The Bertz CT molecular complexity index is 196. The first kappa shape index (κ1) is 8.31. The van der Waals surface area contributed by atoms with E-state index >= 15 is 0 Å². The first-order chi connectivity index (χ1) is 5.04. The molecule has 0 aliphatic carbocycles. The summed E-state index contributed by atoms with van der Waals surface area (Å²) in [6.45, 7) is 10.7. The standard InChI is InChI=1S/C9H15NO/c1-6(2)10-5-7(3)8(4)9(10)11/h6-7H,4-5H2,1-3H3. The van der Waals surface area contributed by atoms with E-state index in [0.29, 0.717) is 12.0 Å². The highest BCUT2D eigenvalue weighted by molar-refractivity contribution is 5.95. The molecule has 62 valence electrons. The number of amides is 1. The minimum absolute atomic E-state index is 0.132. The van der Waals surface area contributed by atoms with Crippen molar-refractivity contribution < 1.29 is 4.79 Å². The van der Waals surface area contributed by atoms with Crippen LogP contribution in [0.15, 0.2) is 12.2 Å². The van der Waals surface area contributed by atoms with Gasteiger partial charge in [-0.05, 0) is 13.8 Å². The Balaban J connectivity index is 2.75. The summed E-state index contributed by atoms with van der Waals surface area (Å²) in [5, 5.41) is 0. The number of nitrogens with zero attached hydrogens (tertiary/aromatic N) is 1. The molecule has 11 heavy (non-hydrogen) atoms. The zero-order valence-electron chi connectivity index (χ0n) is 7.42. The summed E-state index contributed by atoms with van der Waals surface area (Å²) in [5.41, 5.74) is 0.763. The summed E-state index contributed by atoms with van der Waals surface area (Å²) >= 11 is 0. The molecule has 1 atom stereocenters. The van der Waals surface area contributed by atoms with E-state index in [-0.39, 0.29) is 5.91 Å². The number of hydrogen-bond acceptors (Lipinski definition) is 1. The molecule has 1 heterocycles. The second kappa shape index (κ2) is 2.68. The molecule has 0 aromatic heterocycles. The molecule has 0 spiro atoms. The maximum Gasteiger partial charge on any atom is 0.249 e. The van der Waals surface area contributed by atoms with Gasteiger partial charge in [0.1, 0.15) is 0 Å². The summed E-state index contributed by atoms with van der Waals surface area (Å²) in [7, 11) is 0. The van der Waals surface area contributed by atoms with Crippen LogP contribution in [0.1, 0.15) is 20.8 Å². The normalized spacial score (nSPS) is 25.5. The maximum absolute atomic E-state index is 11.4. The van der Waals surface area contributed by atoms with Crippen LogP contribution in [0.4, 0.5) is 0 Å². The van der Waals surface area contributed by atoms with E-state index in [2.05, 4.69) is 6.58 Å². The number of hydrogen-bond donors (Lipinski definition) is 0. The predicted octanol–water partition coefficient (Wildman–Crippen LogP) is 1.43. The molecule has 0 radical (unpaired) electrons. The Hall–Kier alpha value is -0.790. The second-order valence-electron chi connectivity index (χ2n) is 3.48. The van der Waals surface area contributed by atoms with Crippen molar-refractivity contribution in [3.8, 4) is 0 Å². The Morgan fingerprint density at radius 1 is 1.64 bits per heavy atom. The van der Waals surface area contributed by atoms with Gasteiger partial charge in [0.2, 0.25) is 5.91 Å². The van der Waals surface area contributed by atoms with Crippen LogP contribution >= 0.6 is 0 Å². The Labute approximate surface area is 67.9 Å². The molecule has 1 aliphatic heterocycles. The molecule has 0 aromatic carbocycles. The smallest absolute Gasteiger partial charge is 0.249 e. The molecule has 0 aromatic rings. The second-order valence-corrected chi connectivity index (χ2v) is 3.48. The van der Waals surface area contributed by atoms with Gasteiger partial charge in [0, 0.05) is 24.1 Å². The Morgan fingerprint density at radius 3 is 2.36 bits per heavy atom. The van der Waals surface area contributed by atoms with Gasteiger partial charge in [0.25, 0.3) is 0 Å². The third-order valence-electron chi connectivity index (χ3n) is 2.22. The first-order valence-corrected chi connectivity index (χ1v) is 4.03. The molecule has 0 N–H and O–H groups in total. The Morgan fingerprint density at radius 2 is 2.18 bits per heavy atom. The van der Waals surface area contributed by atoms with Crippen LogP contribution in [0.3, 0.4) is 0 Å². The van der Waals surface area contributed by atoms with Gasteiger partial charge in [0.15, 0.2) is 0 Å². The summed E-state index contributed by atoms with van der Waals surface area (Å²) < 4.78 is 0. The van der Waals surface area contributed by atoms with Crippen molar-refractivity contribution in [1.29, 1.82) is 0 Å². The highest BCUT2D eigenvalue weighted by Gasteiger charge is 2.31. The van der Waals surface area contributed by atoms with Gasteiger partial charge in [0.05, 0.1) is 0 Å². The van der Waals surface area contributed by atoms with Crippen LogP contribution in [0.2, 0.25) is 0 Å². The zero-order chi connectivity index (χ0) is 8.59. The maximum atomic E-state index is 11.4. The SMILES string of the molecule is C=C1C(=O)N(C(C)C)CC1C. The molecule has 0 saturated carbocycles.